The number of rotatable bonds is 8. The lowest BCUT2D eigenvalue weighted by Crippen LogP contribution is -1.99. The summed E-state index contributed by atoms with van der Waals surface area (Å²) in [6.07, 6.45) is 4.06. The number of phenolic OH excluding ortho intramolecular Hbond substituents is 1. The normalized spacial score (nSPS) is 10.6. The molecule has 0 heterocycles. The average Bonchev–Trinajstić information content (AvgIpc) is 2.54. The molecule has 2 rings (SSSR count). The predicted molar refractivity (Wildman–Crippen MR) is 95.0 cm³/mol. The molecule has 0 radical (unpaired) electrons. The van der Waals surface area contributed by atoms with Crippen molar-refractivity contribution < 1.29 is 9.84 Å². The average molecular weight is 363 g/mol. The van der Waals surface area contributed by atoms with E-state index in [4.69, 9.17) is 4.74 Å². The highest BCUT2D eigenvalue weighted by Crippen LogP contribution is 2.29. The highest BCUT2D eigenvalue weighted by Gasteiger charge is 2.08. The lowest BCUT2D eigenvalue weighted by Gasteiger charge is -2.12. The Morgan fingerprint density at radius 3 is 2.41 bits per heavy atom. The van der Waals surface area contributed by atoms with Crippen LogP contribution in [-0.4, -0.2) is 10.4 Å². The molecule has 0 aliphatic rings. The smallest absolute Gasteiger partial charge is 0.126 e. The van der Waals surface area contributed by atoms with Crippen LogP contribution >= 0.6 is 15.9 Å². The van der Waals surface area contributed by atoms with E-state index in [1.807, 2.05) is 12.1 Å². The van der Waals surface area contributed by atoms with Crippen molar-refractivity contribution >= 4 is 15.9 Å². The number of aromatic hydroxyl groups is 1. The van der Waals surface area contributed by atoms with Crippen LogP contribution in [0, 0.1) is 0 Å². The molecule has 0 amide bonds. The number of hydrogen-bond acceptors (Lipinski definition) is 2. The van der Waals surface area contributed by atoms with E-state index >= 15 is 0 Å². The van der Waals surface area contributed by atoms with Gasteiger partial charge in [-0.15, -0.1) is 0 Å². The largest absolute Gasteiger partial charge is 0.508 e. The van der Waals surface area contributed by atoms with Crippen LogP contribution in [0.15, 0.2) is 42.5 Å². The van der Waals surface area contributed by atoms with Crippen molar-refractivity contribution in [3.63, 3.8) is 0 Å². The van der Waals surface area contributed by atoms with Gasteiger partial charge >= 0.3 is 0 Å². The number of phenols is 1. The molecule has 0 unspecified atom stereocenters. The van der Waals surface area contributed by atoms with E-state index in [0.29, 0.717) is 12.4 Å². The maximum absolute atomic E-state index is 9.95. The molecular weight excluding hydrogens is 340 g/mol. The molecule has 2 aromatic rings. The molecule has 2 aromatic carbocycles. The van der Waals surface area contributed by atoms with E-state index in [1.165, 1.54) is 5.56 Å². The van der Waals surface area contributed by atoms with Gasteiger partial charge in [0.1, 0.15) is 18.1 Å². The Kier molecular flexibility index (Phi) is 6.78. The fourth-order valence-corrected chi connectivity index (χ4v) is 2.71. The van der Waals surface area contributed by atoms with E-state index in [0.717, 1.165) is 47.9 Å². The summed E-state index contributed by atoms with van der Waals surface area (Å²) >= 11 is 3.46. The SMILES string of the molecule is CCCc1c(O)cccc1OCc1ccc(CCCBr)cc1. The first kappa shape index (κ1) is 16.9. The second-order valence-corrected chi connectivity index (χ2v) is 6.19. The van der Waals surface area contributed by atoms with Crippen LogP contribution in [0.5, 0.6) is 11.5 Å². The zero-order valence-corrected chi connectivity index (χ0v) is 14.6. The minimum absolute atomic E-state index is 0.324. The van der Waals surface area contributed by atoms with Gasteiger partial charge in [0.15, 0.2) is 0 Å². The van der Waals surface area contributed by atoms with Crippen LogP contribution in [0.3, 0.4) is 0 Å². The molecule has 0 bridgehead atoms. The molecule has 0 fully saturated rings. The Labute approximate surface area is 141 Å². The standard InChI is InChI=1S/C19H23BrO2/c1-2-5-17-18(21)7-3-8-19(17)22-14-16-11-9-15(10-12-16)6-4-13-20/h3,7-12,21H,2,4-6,13-14H2,1H3. The van der Waals surface area contributed by atoms with Crippen molar-refractivity contribution in [2.45, 2.75) is 39.2 Å². The molecule has 2 nitrogen and oxygen atoms in total. The van der Waals surface area contributed by atoms with E-state index < -0.39 is 0 Å². The molecule has 0 aliphatic carbocycles. The van der Waals surface area contributed by atoms with E-state index in [-0.39, 0.29) is 0 Å². The highest BCUT2D eigenvalue weighted by molar-refractivity contribution is 9.09. The fourth-order valence-electron chi connectivity index (χ4n) is 2.42. The van der Waals surface area contributed by atoms with Gasteiger partial charge in [-0.1, -0.05) is 59.6 Å². The summed E-state index contributed by atoms with van der Waals surface area (Å²) in [7, 11) is 0. The molecule has 118 valence electrons. The lowest BCUT2D eigenvalue weighted by atomic mass is 10.1. The molecule has 0 saturated carbocycles. The van der Waals surface area contributed by atoms with Crippen molar-refractivity contribution in [3.8, 4) is 11.5 Å². The van der Waals surface area contributed by atoms with Gasteiger partial charge in [-0.2, -0.15) is 0 Å². The third-order valence-corrected chi connectivity index (χ3v) is 4.19. The number of halogens is 1. The monoisotopic (exact) mass is 362 g/mol. The van der Waals surface area contributed by atoms with E-state index in [2.05, 4.69) is 47.1 Å². The van der Waals surface area contributed by atoms with Crippen LogP contribution in [0.4, 0.5) is 0 Å². The minimum atomic E-state index is 0.324. The summed E-state index contributed by atoms with van der Waals surface area (Å²) in [5, 5.41) is 11.0. The van der Waals surface area contributed by atoms with Crippen LogP contribution in [0.1, 0.15) is 36.5 Å². The predicted octanol–water partition coefficient (Wildman–Crippen LogP) is 5.25. The molecule has 0 saturated heterocycles. The Morgan fingerprint density at radius 1 is 1.00 bits per heavy atom. The highest BCUT2D eigenvalue weighted by atomic mass is 79.9. The van der Waals surface area contributed by atoms with Crippen molar-refractivity contribution in [1.82, 2.24) is 0 Å². The number of alkyl halides is 1. The Morgan fingerprint density at radius 2 is 1.73 bits per heavy atom. The molecule has 0 aromatic heterocycles. The van der Waals surface area contributed by atoms with Gasteiger partial charge in [-0.05, 0) is 42.5 Å². The van der Waals surface area contributed by atoms with Gasteiger partial charge in [0.25, 0.3) is 0 Å². The topological polar surface area (TPSA) is 29.5 Å². The maximum Gasteiger partial charge on any atom is 0.126 e. The number of ether oxygens (including phenoxy) is 1. The Hall–Kier alpha value is -1.48. The Bertz CT molecular complexity index is 578. The fraction of sp³-hybridized carbons (Fsp3) is 0.368. The van der Waals surface area contributed by atoms with Crippen LogP contribution in [0.25, 0.3) is 0 Å². The van der Waals surface area contributed by atoms with Crippen molar-refractivity contribution in [3.05, 3.63) is 59.2 Å². The molecule has 0 spiro atoms. The van der Waals surface area contributed by atoms with Crippen molar-refractivity contribution in [1.29, 1.82) is 0 Å². The van der Waals surface area contributed by atoms with Crippen molar-refractivity contribution in [2.75, 3.05) is 5.33 Å². The summed E-state index contributed by atoms with van der Waals surface area (Å²) in [5.41, 5.74) is 3.40. The molecule has 0 aliphatic heterocycles. The quantitative estimate of drug-likeness (QED) is 0.649. The third kappa shape index (κ3) is 4.77. The van der Waals surface area contributed by atoms with Crippen LogP contribution in [0.2, 0.25) is 0 Å². The summed E-state index contributed by atoms with van der Waals surface area (Å²) in [4.78, 5) is 0. The van der Waals surface area contributed by atoms with Gasteiger partial charge in [-0.25, -0.2) is 0 Å². The zero-order chi connectivity index (χ0) is 15.8. The molecule has 1 N–H and O–H groups in total. The van der Waals surface area contributed by atoms with E-state index in [9.17, 15) is 5.11 Å². The summed E-state index contributed by atoms with van der Waals surface area (Å²) in [6.45, 7) is 2.63. The Balaban J connectivity index is 1.99. The number of benzene rings is 2. The lowest BCUT2D eigenvalue weighted by molar-refractivity contribution is 0.300. The second-order valence-electron chi connectivity index (χ2n) is 5.40. The van der Waals surface area contributed by atoms with Gasteiger partial charge in [0.2, 0.25) is 0 Å². The summed E-state index contributed by atoms with van der Waals surface area (Å²) in [6, 6.07) is 14.0. The summed E-state index contributed by atoms with van der Waals surface area (Å²) in [5.74, 6) is 1.11. The van der Waals surface area contributed by atoms with Gasteiger partial charge < -0.3 is 9.84 Å². The summed E-state index contributed by atoms with van der Waals surface area (Å²) < 4.78 is 5.91. The second kappa shape index (κ2) is 8.84. The number of aryl methyl sites for hydroxylation is 1. The van der Waals surface area contributed by atoms with E-state index in [1.54, 1.807) is 6.07 Å². The maximum atomic E-state index is 9.95. The van der Waals surface area contributed by atoms with Gasteiger partial charge in [-0.3, -0.25) is 0 Å². The minimum Gasteiger partial charge on any atom is -0.508 e. The first-order valence-corrected chi connectivity index (χ1v) is 8.94. The van der Waals surface area contributed by atoms with Crippen LogP contribution < -0.4 is 4.74 Å². The zero-order valence-electron chi connectivity index (χ0n) is 13.0. The van der Waals surface area contributed by atoms with Crippen molar-refractivity contribution in [2.24, 2.45) is 0 Å². The molecule has 22 heavy (non-hydrogen) atoms. The first-order chi connectivity index (χ1) is 10.7. The molecular formula is C19H23BrO2. The van der Waals surface area contributed by atoms with Gasteiger partial charge in [0.05, 0.1) is 0 Å². The first-order valence-electron chi connectivity index (χ1n) is 7.82. The molecule has 3 heteroatoms. The number of hydrogen-bond donors (Lipinski definition) is 1. The van der Waals surface area contributed by atoms with Crippen LogP contribution in [-0.2, 0) is 19.4 Å². The third-order valence-electron chi connectivity index (χ3n) is 3.62. The van der Waals surface area contributed by atoms with Gasteiger partial charge in [0, 0.05) is 10.9 Å². The molecule has 0 atom stereocenters.